The van der Waals surface area contributed by atoms with E-state index in [1.807, 2.05) is 12.1 Å². The van der Waals surface area contributed by atoms with Gasteiger partial charge < -0.3 is 15.5 Å². The van der Waals surface area contributed by atoms with Crippen molar-refractivity contribution in [3.05, 3.63) is 53.0 Å². The van der Waals surface area contributed by atoms with E-state index in [-0.39, 0.29) is 30.7 Å². The van der Waals surface area contributed by atoms with E-state index in [9.17, 15) is 4.79 Å². The number of amides is 1. The smallest absolute Gasteiger partial charge is 0.258 e. The number of rotatable bonds is 6. The molecule has 0 spiro atoms. The second-order valence-corrected chi connectivity index (χ2v) is 6.80. The first kappa shape index (κ1) is 22.5. The summed E-state index contributed by atoms with van der Waals surface area (Å²) in [6.07, 6.45) is 2.64. The van der Waals surface area contributed by atoms with Gasteiger partial charge in [0.25, 0.3) is 5.91 Å². The van der Waals surface area contributed by atoms with Crippen LogP contribution in [0.25, 0.3) is 0 Å². The van der Waals surface area contributed by atoms with E-state index < -0.39 is 0 Å². The first-order valence-electron chi connectivity index (χ1n) is 8.48. The Morgan fingerprint density at radius 2 is 2.08 bits per heavy atom. The summed E-state index contributed by atoms with van der Waals surface area (Å²) < 4.78 is 5.24. The fourth-order valence-electron chi connectivity index (χ4n) is 3.01. The van der Waals surface area contributed by atoms with E-state index in [0.717, 1.165) is 25.3 Å². The first-order valence-corrected chi connectivity index (χ1v) is 8.48. The number of carbonyl (C=O) groups excluding carboxylic acids is 1. The molecule has 26 heavy (non-hydrogen) atoms. The number of nitrogens with zero attached hydrogens (tertiary/aromatic N) is 1. The Morgan fingerprint density at radius 1 is 1.31 bits per heavy atom. The zero-order valence-electron chi connectivity index (χ0n) is 15.2. The van der Waals surface area contributed by atoms with Crippen molar-refractivity contribution in [2.45, 2.75) is 39.9 Å². The van der Waals surface area contributed by atoms with Crippen molar-refractivity contribution in [2.75, 3.05) is 11.9 Å². The maximum atomic E-state index is 12.4. The van der Waals surface area contributed by atoms with Crippen LogP contribution >= 0.6 is 24.8 Å². The van der Waals surface area contributed by atoms with Crippen molar-refractivity contribution in [1.82, 2.24) is 4.90 Å². The van der Waals surface area contributed by atoms with Crippen LogP contribution in [0, 0.1) is 5.92 Å². The standard InChI is InChI=1S/C19H25N3O2.2ClH/c1-13(2)6-7-22-10-14-4-3-5-18(17(14)11-22)21-19(23)15-8-16(9-20)24-12-15;;/h3-5,8,12-13H,6-7,9-11,20H2,1-2H3,(H,21,23);2*1H. The third-order valence-corrected chi connectivity index (χ3v) is 4.44. The van der Waals surface area contributed by atoms with Crippen LogP contribution < -0.4 is 11.1 Å². The molecule has 3 N–H and O–H groups in total. The van der Waals surface area contributed by atoms with Crippen molar-refractivity contribution in [3.8, 4) is 0 Å². The van der Waals surface area contributed by atoms with Gasteiger partial charge in [0.05, 0.1) is 12.1 Å². The quantitative estimate of drug-likeness (QED) is 0.763. The number of halogens is 2. The Morgan fingerprint density at radius 3 is 2.73 bits per heavy atom. The molecule has 2 aromatic rings. The molecule has 1 aliphatic rings. The van der Waals surface area contributed by atoms with Gasteiger partial charge in [0, 0.05) is 18.8 Å². The summed E-state index contributed by atoms with van der Waals surface area (Å²) in [5.41, 5.74) is 9.43. The highest BCUT2D eigenvalue weighted by molar-refractivity contribution is 6.04. The lowest BCUT2D eigenvalue weighted by molar-refractivity contribution is 0.102. The summed E-state index contributed by atoms with van der Waals surface area (Å²) in [7, 11) is 0. The van der Waals surface area contributed by atoms with Gasteiger partial charge in [-0.25, -0.2) is 0 Å². The topological polar surface area (TPSA) is 71.5 Å². The molecule has 0 radical (unpaired) electrons. The maximum Gasteiger partial charge on any atom is 0.258 e. The minimum Gasteiger partial charge on any atom is -0.467 e. The number of fused-ring (bicyclic) bond motifs is 1. The van der Waals surface area contributed by atoms with Gasteiger partial charge in [-0.2, -0.15) is 0 Å². The van der Waals surface area contributed by atoms with E-state index in [0.29, 0.717) is 23.8 Å². The number of nitrogens with two attached hydrogens (primary N) is 1. The van der Waals surface area contributed by atoms with Gasteiger partial charge in [-0.05, 0) is 42.1 Å². The highest BCUT2D eigenvalue weighted by Crippen LogP contribution is 2.30. The van der Waals surface area contributed by atoms with Gasteiger partial charge >= 0.3 is 0 Å². The minimum atomic E-state index is -0.160. The Bertz CT molecular complexity index is 731. The van der Waals surface area contributed by atoms with Crippen LogP contribution in [0.3, 0.4) is 0 Å². The molecule has 2 heterocycles. The monoisotopic (exact) mass is 399 g/mol. The third kappa shape index (κ3) is 5.24. The van der Waals surface area contributed by atoms with Crippen LogP contribution in [-0.4, -0.2) is 17.4 Å². The number of hydrogen-bond donors (Lipinski definition) is 2. The number of carbonyl (C=O) groups is 1. The van der Waals surface area contributed by atoms with Gasteiger partial charge in [-0.15, -0.1) is 24.8 Å². The molecule has 1 aromatic heterocycles. The van der Waals surface area contributed by atoms with Gasteiger partial charge in [0.2, 0.25) is 0 Å². The van der Waals surface area contributed by atoms with E-state index in [1.165, 1.54) is 23.8 Å². The molecule has 0 saturated carbocycles. The second-order valence-electron chi connectivity index (χ2n) is 6.80. The number of anilines is 1. The van der Waals surface area contributed by atoms with E-state index in [4.69, 9.17) is 10.2 Å². The van der Waals surface area contributed by atoms with Gasteiger partial charge in [0.15, 0.2) is 0 Å². The zero-order valence-corrected chi connectivity index (χ0v) is 16.8. The fraction of sp³-hybridized carbons (Fsp3) is 0.421. The minimum absolute atomic E-state index is 0. The number of nitrogens with one attached hydrogen (secondary N) is 1. The predicted octanol–water partition coefficient (Wildman–Crippen LogP) is 4.20. The molecule has 0 bridgehead atoms. The Balaban J connectivity index is 0.00000169. The molecule has 1 amide bonds. The molecule has 0 fully saturated rings. The van der Waals surface area contributed by atoms with Crippen LogP contribution in [0.2, 0.25) is 0 Å². The highest BCUT2D eigenvalue weighted by Gasteiger charge is 2.22. The molecule has 0 aliphatic carbocycles. The number of benzene rings is 1. The van der Waals surface area contributed by atoms with Crippen molar-refractivity contribution in [2.24, 2.45) is 11.7 Å². The predicted molar refractivity (Wildman–Crippen MR) is 109 cm³/mol. The molecule has 1 aromatic carbocycles. The Labute approximate surface area is 167 Å². The second kappa shape index (κ2) is 9.97. The van der Waals surface area contributed by atoms with Crippen molar-refractivity contribution >= 4 is 36.4 Å². The van der Waals surface area contributed by atoms with Gasteiger partial charge in [-0.3, -0.25) is 9.69 Å². The largest absolute Gasteiger partial charge is 0.467 e. The Kier molecular flexibility index (Phi) is 8.63. The third-order valence-electron chi connectivity index (χ3n) is 4.44. The summed E-state index contributed by atoms with van der Waals surface area (Å²) in [4.78, 5) is 14.8. The van der Waals surface area contributed by atoms with E-state index in [2.05, 4.69) is 30.1 Å². The SMILES string of the molecule is CC(C)CCN1Cc2cccc(NC(=O)c3coc(CN)c3)c2C1.Cl.Cl. The molecule has 0 saturated heterocycles. The number of furan rings is 1. The molecule has 144 valence electrons. The van der Waals surface area contributed by atoms with Gasteiger partial charge in [0.1, 0.15) is 12.0 Å². The molecular formula is C19H27Cl2N3O2. The lowest BCUT2D eigenvalue weighted by Gasteiger charge is -2.16. The average Bonchev–Trinajstić information content (AvgIpc) is 3.20. The molecule has 1 aliphatic heterocycles. The molecular weight excluding hydrogens is 373 g/mol. The normalized spacial score (nSPS) is 13.1. The zero-order chi connectivity index (χ0) is 17.1. The summed E-state index contributed by atoms with van der Waals surface area (Å²) in [6, 6.07) is 7.80. The van der Waals surface area contributed by atoms with E-state index >= 15 is 0 Å². The van der Waals surface area contributed by atoms with Crippen LogP contribution in [0.15, 0.2) is 34.9 Å². The van der Waals surface area contributed by atoms with Crippen LogP contribution in [0.5, 0.6) is 0 Å². The molecule has 0 unspecified atom stereocenters. The molecule has 0 atom stereocenters. The van der Waals surface area contributed by atoms with Crippen LogP contribution in [0.4, 0.5) is 5.69 Å². The molecule has 3 rings (SSSR count). The Hall–Kier alpha value is -1.53. The lowest BCUT2D eigenvalue weighted by Crippen LogP contribution is -2.19. The van der Waals surface area contributed by atoms with Gasteiger partial charge in [-0.1, -0.05) is 26.0 Å². The van der Waals surface area contributed by atoms with Crippen molar-refractivity contribution < 1.29 is 9.21 Å². The summed E-state index contributed by atoms with van der Waals surface area (Å²) in [5, 5.41) is 3.02. The van der Waals surface area contributed by atoms with Crippen LogP contribution in [0.1, 0.15) is 47.5 Å². The lowest BCUT2D eigenvalue weighted by atomic mass is 10.1. The van der Waals surface area contributed by atoms with Crippen LogP contribution in [-0.2, 0) is 19.6 Å². The number of hydrogen-bond acceptors (Lipinski definition) is 4. The van der Waals surface area contributed by atoms with Crippen molar-refractivity contribution in [3.63, 3.8) is 0 Å². The molecule has 5 nitrogen and oxygen atoms in total. The average molecular weight is 400 g/mol. The van der Waals surface area contributed by atoms with Crippen molar-refractivity contribution in [1.29, 1.82) is 0 Å². The summed E-state index contributed by atoms with van der Waals surface area (Å²) >= 11 is 0. The molecule has 7 heteroatoms. The summed E-state index contributed by atoms with van der Waals surface area (Å²) in [6.45, 7) is 7.71. The first-order chi connectivity index (χ1) is 11.6. The highest BCUT2D eigenvalue weighted by atomic mass is 35.5. The maximum absolute atomic E-state index is 12.4. The summed E-state index contributed by atoms with van der Waals surface area (Å²) in [5.74, 6) is 1.15. The van der Waals surface area contributed by atoms with E-state index in [1.54, 1.807) is 6.07 Å². The fourth-order valence-corrected chi connectivity index (χ4v) is 3.01.